The van der Waals surface area contributed by atoms with Crippen molar-refractivity contribution in [1.82, 2.24) is 5.32 Å². The third-order valence-electron chi connectivity index (χ3n) is 3.34. The molecule has 0 heterocycles. The molecular formula is C19H18FN3O. The number of anilines is 1. The molecule has 4 nitrogen and oxygen atoms in total. The van der Waals surface area contributed by atoms with Crippen molar-refractivity contribution in [2.45, 2.75) is 12.8 Å². The smallest absolute Gasteiger partial charge is 0.267 e. The monoisotopic (exact) mass is 323 g/mol. The van der Waals surface area contributed by atoms with Gasteiger partial charge in [0, 0.05) is 18.4 Å². The number of aryl methyl sites for hydroxylation is 1. The van der Waals surface area contributed by atoms with Gasteiger partial charge in [0.1, 0.15) is 17.5 Å². The molecule has 0 unspecified atom stereocenters. The number of carbonyl (C=O) groups is 1. The fourth-order valence-electron chi connectivity index (χ4n) is 2.09. The van der Waals surface area contributed by atoms with Gasteiger partial charge in [-0.2, -0.15) is 5.26 Å². The van der Waals surface area contributed by atoms with Gasteiger partial charge in [-0.15, -0.1) is 0 Å². The molecule has 2 aromatic carbocycles. The van der Waals surface area contributed by atoms with E-state index in [4.69, 9.17) is 5.26 Å². The Hall–Kier alpha value is -3.13. The Morgan fingerprint density at radius 2 is 1.83 bits per heavy atom. The predicted molar refractivity (Wildman–Crippen MR) is 91.5 cm³/mol. The number of halogens is 1. The first-order valence-electron chi connectivity index (χ1n) is 7.63. The molecule has 0 spiro atoms. The van der Waals surface area contributed by atoms with E-state index in [1.807, 2.05) is 24.3 Å². The molecule has 2 rings (SSSR count). The maximum absolute atomic E-state index is 12.8. The maximum atomic E-state index is 12.8. The van der Waals surface area contributed by atoms with Crippen LogP contribution in [0.3, 0.4) is 0 Å². The molecule has 0 bridgehead atoms. The van der Waals surface area contributed by atoms with E-state index < -0.39 is 5.91 Å². The summed E-state index contributed by atoms with van der Waals surface area (Å²) in [7, 11) is 0. The highest BCUT2D eigenvalue weighted by atomic mass is 19.1. The van der Waals surface area contributed by atoms with Crippen LogP contribution in [-0.2, 0) is 11.2 Å². The third-order valence-corrected chi connectivity index (χ3v) is 3.34. The molecule has 2 aromatic rings. The Morgan fingerprint density at radius 3 is 2.50 bits per heavy atom. The largest absolute Gasteiger partial charge is 0.390 e. The Kier molecular flexibility index (Phi) is 6.54. The Balaban J connectivity index is 1.79. The van der Waals surface area contributed by atoms with E-state index in [1.165, 1.54) is 36.0 Å². The van der Waals surface area contributed by atoms with Crippen LogP contribution >= 0.6 is 0 Å². The van der Waals surface area contributed by atoms with Gasteiger partial charge in [-0.25, -0.2) is 4.39 Å². The van der Waals surface area contributed by atoms with E-state index in [2.05, 4.69) is 22.8 Å². The van der Waals surface area contributed by atoms with Gasteiger partial charge in [0.15, 0.2) is 0 Å². The number of benzene rings is 2. The normalized spacial score (nSPS) is 10.8. The van der Waals surface area contributed by atoms with E-state index >= 15 is 0 Å². The van der Waals surface area contributed by atoms with Crippen molar-refractivity contribution >= 4 is 11.6 Å². The predicted octanol–water partition coefficient (Wildman–Crippen LogP) is 3.39. The van der Waals surface area contributed by atoms with E-state index in [9.17, 15) is 9.18 Å². The summed E-state index contributed by atoms with van der Waals surface area (Å²) in [6, 6.07) is 17.3. The van der Waals surface area contributed by atoms with Crippen molar-refractivity contribution < 1.29 is 9.18 Å². The van der Waals surface area contributed by atoms with Gasteiger partial charge in [-0.1, -0.05) is 30.3 Å². The lowest BCUT2D eigenvalue weighted by atomic mass is 10.1. The molecule has 2 N–H and O–H groups in total. The summed E-state index contributed by atoms with van der Waals surface area (Å²) in [6.45, 7) is 0.657. The molecule has 0 saturated heterocycles. The molecule has 0 atom stereocenters. The highest BCUT2D eigenvalue weighted by molar-refractivity contribution is 6.06. The number of carbonyl (C=O) groups excluding carboxylic acids is 1. The number of nitrogens with zero attached hydrogens (tertiary/aromatic N) is 1. The van der Waals surface area contributed by atoms with Crippen LogP contribution < -0.4 is 10.6 Å². The Labute approximate surface area is 140 Å². The van der Waals surface area contributed by atoms with Crippen LogP contribution in [0, 0.1) is 17.1 Å². The highest BCUT2D eigenvalue weighted by Gasteiger charge is 2.08. The summed E-state index contributed by atoms with van der Waals surface area (Å²) in [4.78, 5) is 12.0. The van der Waals surface area contributed by atoms with Crippen LogP contribution in [0.1, 0.15) is 12.0 Å². The quantitative estimate of drug-likeness (QED) is 0.466. The summed E-state index contributed by atoms with van der Waals surface area (Å²) in [5.41, 5.74) is 1.66. The fourth-order valence-corrected chi connectivity index (χ4v) is 2.09. The average molecular weight is 323 g/mol. The minimum atomic E-state index is -0.528. The SMILES string of the molecule is N#C/C(=C/NCCCc1ccccc1)C(=O)Nc1ccc(F)cc1. The minimum absolute atomic E-state index is 0.0287. The number of nitriles is 1. The Morgan fingerprint density at radius 1 is 1.12 bits per heavy atom. The summed E-state index contributed by atoms with van der Waals surface area (Å²) in [5, 5.41) is 14.6. The topological polar surface area (TPSA) is 64.9 Å². The number of rotatable bonds is 7. The summed E-state index contributed by atoms with van der Waals surface area (Å²) in [5.74, 6) is -0.913. The lowest BCUT2D eigenvalue weighted by Crippen LogP contribution is -2.17. The molecule has 0 saturated carbocycles. The van der Waals surface area contributed by atoms with Crippen LogP contribution in [0.25, 0.3) is 0 Å². The van der Waals surface area contributed by atoms with Crippen LogP contribution in [0.4, 0.5) is 10.1 Å². The van der Waals surface area contributed by atoms with Gasteiger partial charge in [-0.05, 0) is 42.7 Å². The second-order valence-electron chi connectivity index (χ2n) is 5.17. The third kappa shape index (κ3) is 5.58. The van der Waals surface area contributed by atoms with Crippen LogP contribution in [0.2, 0.25) is 0 Å². The average Bonchev–Trinajstić information content (AvgIpc) is 2.61. The van der Waals surface area contributed by atoms with Gasteiger partial charge in [-0.3, -0.25) is 4.79 Å². The van der Waals surface area contributed by atoms with Crippen LogP contribution in [0.5, 0.6) is 0 Å². The molecule has 122 valence electrons. The molecule has 0 radical (unpaired) electrons. The first-order valence-corrected chi connectivity index (χ1v) is 7.63. The standard InChI is InChI=1S/C19H18FN3O/c20-17-8-10-18(11-9-17)23-19(24)16(13-21)14-22-12-4-7-15-5-2-1-3-6-15/h1-3,5-6,8-11,14,22H,4,7,12H2,(H,23,24)/b16-14-. The van der Waals surface area contributed by atoms with Crippen LogP contribution in [-0.4, -0.2) is 12.5 Å². The van der Waals surface area contributed by atoms with Crippen molar-refractivity contribution in [3.8, 4) is 6.07 Å². The molecule has 0 aromatic heterocycles. The van der Waals surface area contributed by atoms with E-state index in [-0.39, 0.29) is 11.4 Å². The molecule has 5 heteroatoms. The van der Waals surface area contributed by atoms with Crippen LogP contribution in [0.15, 0.2) is 66.4 Å². The molecule has 0 aliphatic rings. The molecule has 0 aliphatic carbocycles. The first-order chi connectivity index (χ1) is 11.7. The van der Waals surface area contributed by atoms with E-state index in [0.29, 0.717) is 12.2 Å². The number of amides is 1. The minimum Gasteiger partial charge on any atom is -0.390 e. The lowest BCUT2D eigenvalue weighted by molar-refractivity contribution is -0.112. The second-order valence-corrected chi connectivity index (χ2v) is 5.17. The van der Waals surface area contributed by atoms with E-state index in [1.54, 1.807) is 0 Å². The number of nitrogens with one attached hydrogen (secondary N) is 2. The molecular weight excluding hydrogens is 305 g/mol. The molecule has 0 fully saturated rings. The zero-order valence-electron chi connectivity index (χ0n) is 13.1. The van der Waals surface area contributed by atoms with Crippen molar-refractivity contribution in [3.05, 3.63) is 77.8 Å². The van der Waals surface area contributed by atoms with Crippen molar-refractivity contribution in [1.29, 1.82) is 5.26 Å². The van der Waals surface area contributed by atoms with Gasteiger partial charge in [0.25, 0.3) is 5.91 Å². The molecule has 24 heavy (non-hydrogen) atoms. The van der Waals surface area contributed by atoms with Crippen molar-refractivity contribution in [3.63, 3.8) is 0 Å². The molecule has 1 amide bonds. The maximum Gasteiger partial charge on any atom is 0.267 e. The summed E-state index contributed by atoms with van der Waals surface area (Å²) >= 11 is 0. The van der Waals surface area contributed by atoms with Gasteiger partial charge in [0.05, 0.1) is 0 Å². The second kappa shape index (κ2) is 9.11. The number of hydrogen-bond acceptors (Lipinski definition) is 3. The van der Waals surface area contributed by atoms with Crippen molar-refractivity contribution in [2.24, 2.45) is 0 Å². The number of hydrogen-bond donors (Lipinski definition) is 2. The van der Waals surface area contributed by atoms with Gasteiger partial charge >= 0.3 is 0 Å². The first kappa shape index (κ1) is 17.2. The zero-order valence-corrected chi connectivity index (χ0v) is 13.1. The summed E-state index contributed by atoms with van der Waals surface area (Å²) < 4.78 is 12.8. The lowest BCUT2D eigenvalue weighted by Gasteiger charge is -2.05. The zero-order chi connectivity index (χ0) is 17.2. The van der Waals surface area contributed by atoms with Crippen molar-refractivity contribution in [2.75, 3.05) is 11.9 Å². The fraction of sp³-hybridized carbons (Fsp3) is 0.158. The van der Waals surface area contributed by atoms with E-state index in [0.717, 1.165) is 12.8 Å². The Bertz CT molecular complexity index is 733. The highest BCUT2D eigenvalue weighted by Crippen LogP contribution is 2.09. The molecule has 0 aliphatic heterocycles. The van der Waals surface area contributed by atoms with Gasteiger partial charge in [0.2, 0.25) is 0 Å². The summed E-state index contributed by atoms with van der Waals surface area (Å²) in [6.07, 6.45) is 3.22. The van der Waals surface area contributed by atoms with Gasteiger partial charge < -0.3 is 10.6 Å².